The topological polar surface area (TPSA) is 74.8 Å². The summed E-state index contributed by atoms with van der Waals surface area (Å²) in [5.41, 5.74) is 0.931. The molecule has 7 heteroatoms. The van der Waals surface area contributed by atoms with Crippen molar-refractivity contribution in [1.29, 1.82) is 0 Å². The lowest BCUT2D eigenvalue weighted by Gasteiger charge is -2.04. The SMILES string of the molecule is C=CCOC(=O)c1nnn(CCc2nccn2C)c1C. The molecule has 0 aromatic carbocycles. The van der Waals surface area contributed by atoms with Crippen molar-refractivity contribution in [1.82, 2.24) is 24.5 Å². The first kappa shape index (κ1) is 14.0. The van der Waals surface area contributed by atoms with Crippen molar-refractivity contribution in [2.75, 3.05) is 6.61 Å². The molecule has 7 nitrogen and oxygen atoms in total. The summed E-state index contributed by atoms with van der Waals surface area (Å²) in [4.78, 5) is 16.0. The summed E-state index contributed by atoms with van der Waals surface area (Å²) < 4.78 is 8.58. The third kappa shape index (κ3) is 2.93. The number of nitrogens with zero attached hydrogens (tertiary/aromatic N) is 5. The average Bonchev–Trinajstić information content (AvgIpc) is 3.00. The van der Waals surface area contributed by atoms with Crippen LogP contribution in [-0.4, -0.2) is 37.1 Å². The molecule has 0 aliphatic heterocycles. The monoisotopic (exact) mass is 275 g/mol. The van der Waals surface area contributed by atoms with Crippen LogP contribution >= 0.6 is 0 Å². The lowest BCUT2D eigenvalue weighted by molar-refractivity contribution is 0.0542. The minimum atomic E-state index is -0.481. The van der Waals surface area contributed by atoms with Gasteiger partial charge in [-0.05, 0) is 6.92 Å². The summed E-state index contributed by atoms with van der Waals surface area (Å²) in [6, 6.07) is 0. The van der Waals surface area contributed by atoms with Crippen LogP contribution in [0.5, 0.6) is 0 Å². The van der Waals surface area contributed by atoms with Crippen LogP contribution in [0.25, 0.3) is 0 Å². The van der Waals surface area contributed by atoms with E-state index in [-0.39, 0.29) is 12.3 Å². The molecule has 0 N–H and O–H groups in total. The van der Waals surface area contributed by atoms with Gasteiger partial charge in [-0.15, -0.1) is 5.10 Å². The van der Waals surface area contributed by atoms with E-state index in [1.165, 1.54) is 6.08 Å². The molecule has 0 radical (unpaired) electrons. The first-order valence-corrected chi connectivity index (χ1v) is 6.27. The Hall–Kier alpha value is -2.44. The van der Waals surface area contributed by atoms with Crippen LogP contribution in [0.1, 0.15) is 22.0 Å². The summed E-state index contributed by atoms with van der Waals surface area (Å²) in [6.45, 7) is 6.06. The number of carbonyl (C=O) groups excluding carboxylic acids is 1. The van der Waals surface area contributed by atoms with Crippen molar-refractivity contribution in [3.8, 4) is 0 Å². The second kappa shape index (κ2) is 6.14. The second-order valence-electron chi connectivity index (χ2n) is 4.34. The number of esters is 1. The van der Waals surface area contributed by atoms with Gasteiger partial charge in [-0.25, -0.2) is 14.5 Å². The van der Waals surface area contributed by atoms with Gasteiger partial charge in [0.15, 0.2) is 5.69 Å². The van der Waals surface area contributed by atoms with Crippen LogP contribution in [0.3, 0.4) is 0 Å². The van der Waals surface area contributed by atoms with E-state index in [2.05, 4.69) is 21.9 Å². The largest absolute Gasteiger partial charge is 0.457 e. The van der Waals surface area contributed by atoms with Gasteiger partial charge in [0.2, 0.25) is 0 Å². The standard InChI is InChI=1S/C13H17N5O2/c1-4-9-20-13(19)12-10(2)18(16-15-12)7-5-11-14-6-8-17(11)3/h4,6,8H,1,5,7,9H2,2-3H3. The van der Waals surface area contributed by atoms with Crippen LogP contribution in [0.4, 0.5) is 0 Å². The molecule has 2 rings (SSSR count). The zero-order valence-electron chi connectivity index (χ0n) is 11.6. The van der Waals surface area contributed by atoms with Crippen LogP contribution < -0.4 is 0 Å². The molecule has 106 valence electrons. The minimum absolute atomic E-state index is 0.165. The molecule has 20 heavy (non-hydrogen) atoms. The van der Waals surface area contributed by atoms with E-state index in [9.17, 15) is 4.79 Å². The molecule has 0 aliphatic rings. The fraction of sp³-hybridized carbons (Fsp3) is 0.385. The predicted molar refractivity (Wildman–Crippen MR) is 72.2 cm³/mol. The van der Waals surface area contributed by atoms with Gasteiger partial charge < -0.3 is 9.30 Å². The molecule has 0 fully saturated rings. The molecule has 0 unspecified atom stereocenters. The number of rotatable bonds is 6. The van der Waals surface area contributed by atoms with E-state index in [0.717, 1.165) is 12.2 Å². The second-order valence-corrected chi connectivity index (χ2v) is 4.34. The molecular weight excluding hydrogens is 258 g/mol. The lowest BCUT2D eigenvalue weighted by atomic mass is 10.3. The molecule has 0 saturated heterocycles. The highest BCUT2D eigenvalue weighted by atomic mass is 16.5. The van der Waals surface area contributed by atoms with Gasteiger partial charge in [0.25, 0.3) is 0 Å². The van der Waals surface area contributed by atoms with Crippen molar-refractivity contribution in [2.24, 2.45) is 7.05 Å². The van der Waals surface area contributed by atoms with Gasteiger partial charge in [-0.3, -0.25) is 0 Å². The third-order valence-electron chi connectivity index (χ3n) is 2.98. The summed E-state index contributed by atoms with van der Waals surface area (Å²) in [5, 5.41) is 7.84. The van der Waals surface area contributed by atoms with Gasteiger partial charge in [0.05, 0.1) is 12.2 Å². The fourth-order valence-corrected chi connectivity index (χ4v) is 1.81. The lowest BCUT2D eigenvalue weighted by Crippen LogP contribution is -2.10. The molecule has 2 aromatic rings. The molecule has 0 atom stereocenters. The van der Waals surface area contributed by atoms with Gasteiger partial charge in [0, 0.05) is 25.9 Å². The fourth-order valence-electron chi connectivity index (χ4n) is 1.81. The highest BCUT2D eigenvalue weighted by Crippen LogP contribution is 2.07. The summed E-state index contributed by atoms with van der Waals surface area (Å²) in [6.07, 6.45) is 5.87. The van der Waals surface area contributed by atoms with Crippen molar-refractivity contribution in [3.05, 3.63) is 42.3 Å². The van der Waals surface area contributed by atoms with Crippen molar-refractivity contribution >= 4 is 5.97 Å². The highest BCUT2D eigenvalue weighted by molar-refractivity contribution is 5.88. The number of ether oxygens (including phenoxy) is 1. The Morgan fingerprint density at radius 3 is 3.00 bits per heavy atom. The third-order valence-corrected chi connectivity index (χ3v) is 2.98. The Morgan fingerprint density at radius 2 is 2.35 bits per heavy atom. The number of aryl methyl sites for hydroxylation is 3. The molecule has 0 amide bonds. The normalized spacial score (nSPS) is 10.5. The minimum Gasteiger partial charge on any atom is -0.457 e. The molecule has 2 aromatic heterocycles. The van der Waals surface area contributed by atoms with Crippen LogP contribution in [0.15, 0.2) is 25.0 Å². The van der Waals surface area contributed by atoms with Gasteiger partial charge in [0.1, 0.15) is 12.4 Å². The van der Waals surface area contributed by atoms with E-state index in [0.29, 0.717) is 12.2 Å². The summed E-state index contributed by atoms with van der Waals surface area (Å²) in [5.74, 6) is 0.473. The van der Waals surface area contributed by atoms with Gasteiger partial charge in [-0.2, -0.15) is 0 Å². The molecular formula is C13H17N5O2. The molecule has 0 spiro atoms. The number of carbonyl (C=O) groups is 1. The zero-order valence-corrected chi connectivity index (χ0v) is 11.6. The number of imidazole rings is 1. The van der Waals surface area contributed by atoms with E-state index in [4.69, 9.17) is 4.74 Å². The van der Waals surface area contributed by atoms with E-state index < -0.39 is 5.97 Å². The maximum absolute atomic E-state index is 11.7. The first-order valence-electron chi connectivity index (χ1n) is 6.27. The Morgan fingerprint density at radius 1 is 1.55 bits per heavy atom. The van der Waals surface area contributed by atoms with Gasteiger partial charge >= 0.3 is 5.97 Å². The maximum atomic E-state index is 11.7. The van der Waals surface area contributed by atoms with E-state index in [1.54, 1.807) is 17.8 Å². The smallest absolute Gasteiger partial charge is 0.361 e. The number of hydrogen-bond acceptors (Lipinski definition) is 5. The van der Waals surface area contributed by atoms with E-state index >= 15 is 0 Å². The van der Waals surface area contributed by atoms with Gasteiger partial charge in [-0.1, -0.05) is 17.9 Å². The van der Waals surface area contributed by atoms with Crippen LogP contribution in [-0.2, 0) is 24.8 Å². The predicted octanol–water partition coefficient (Wildman–Crippen LogP) is 0.906. The first-order chi connectivity index (χ1) is 9.63. The quantitative estimate of drug-likeness (QED) is 0.578. The summed E-state index contributed by atoms with van der Waals surface area (Å²) in [7, 11) is 1.94. The Labute approximate surface area is 116 Å². The van der Waals surface area contributed by atoms with Crippen LogP contribution in [0.2, 0.25) is 0 Å². The number of aromatic nitrogens is 5. The molecule has 0 aliphatic carbocycles. The molecule has 0 saturated carbocycles. The Balaban J connectivity index is 2.03. The van der Waals surface area contributed by atoms with Crippen molar-refractivity contribution in [2.45, 2.75) is 19.9 Å². The summed E-state index contributed by atoms with van der Waals surface area (Å²) >= 11 is 0. The average molecular weight is 275 g/mol. The zero-order chi connectivity index (χ0) is 14.5. The van der Waals surface area contributed by atoms with Crippen LogP contribution in [0, 0.1) is 6.92 Å². The molecule has 2 heterocycles. The maximum Gasteiger partial charge on any atom is 0.361 e. The molecule has 0 bridgehead atoms. The number of hydrogen-bond donors (Lipinski definition) is 0. The van der Waals surface area contributed by atoms with E-state index in [1.807, 2.05) is 17.8 Å². The Bertz CT molecular complexity index is 614. The van der Waals surface area contributed by atoms with Crippen molar-refractivity contribution in [3.63, 3.8) is 0 Å². The Kier molecular flexibility index (Phi) is 4.29. The highest BCUT2D eigenvalue weighted by Gasteiger charge is 2.17. The van der Waals surface area contributed by atoms with Crippen molar-refractivity contribution < 1.29 is 9.53 Å².